The highest BCUT2D eigenvalue weighted by molar-refractivity contribution is 6.68. The molecular formula is C19H19Cl3N6O. The normalized spacial score (nSPS) is 16.0. The van der Waals surface area contributed by atoms with E-state index in [1.807, 2.05) is 6.07 Å². The van der Waals surface area contributed by atoms with Gasteiger partial charge in [-0.3, -0.25) is 4.79 Å². The first kappa shape index (κ1) is 20.2. The number of anilines is 1. The third-order valence-corrected chi connectivity index (χ3v) is 5.50. The Morgan fingerprint density at radius 2 is 1.79 bits per heavy atom. The fourth-order valence-corrected chi connectivity index (χ4v) is 3.92. The maximum absolute atomic E-state index is 12.7. The highest BCUT2D eigenvalue weighted by Crippen LogP contribution is 2.38. The first-order valence-corrected chi connectivity index (χ1v) is 10.4. The van der Waals surface area contributed by atoms with E-state index in [0.717, 1.165) is 37.1 Å². The third-order valence-electron chi connectivity index (χ3n) is 4.88. The average molecular weight is 454 g/mol. The molecule has 0 bridgehead atoms. The van der Waals surface area contributed by atoms with Crippen LogP contribution in [0.15, 0.2) is 42.9 Å². The number of hydrogen-bond donors (Lipinski definition) is 1. The molecule has 3 heterocycles. The van der Waals surface area contributed by atoms with Crippen molar-refractivity contribution in [1.29, 1.82) is 0 Å². The van der Waals surface area contributed by atoms with E-state index >= 15 is 0 Å². The number of benzene rings is 1. The number of carbonyl (C=O) groups is 1. The summed E-state index contributed by atoms with van der Waals surface area (Å²) in [5, 5.41) is 7.89. The standard InChI is InChI=1S/C19H19Cl3N6O/c20-19(21,22)18(26-17(29)13-7-3-1-4-8-13)28-16-14(11-25-28)15(23-12-24-16)27-9-5-2-6-10-27/h1,3-4,7-8,11-12,18H,2,5-6,9-10H2,(H,26,29). The zero-order valence-electron chi connectivity index (χ0n) is 15.4. The van der Waals surface area contributed by atoms with Crippen molar-refractivity contribution in [2.75, 3.05) is 18.0 Å². The van der Waals surface area contributed by atoms with Crippen LogP contribution in [0.5, 0.6) is 0 Å². The predicted octanol–water partition coefficient (Wildman–Crippen LogP) is 4.12. The molecule has 1 fully saturated rings. The number of hydrogen-bond acceptors (Lipinski definition) is 5. The van der Waals surface area contributed by atoms with Crippen LogP contribution >= 0.6 is 34.8 Å². The number of amides is 1. The summed E-state index contributed by atoms with van der Waals surface area (Å²) in [6.45, 7) is 1.85. The second kappa shape index (κ2) is 8.34. The number of halogens is 3. The summed E-state index contributed by atoms with van der Waals surface area (Å²) in [7, 11) is 0. The molecule has 3 aromatic rings. The van der Waals surface area contributed by atoms with Crippen molar-refractivity contribution in [2.45, 2.75) is 29.2 Å². The molecule has 1 amide bonds. The molecule has 1 saturated heterocycles. The minimum Gasteiger partial charge on any atom is -0.356 e. The number of rotatable bonds is 4. The topological polar surface area (TPSA) is 75.9 Å². The van der Waals surface area contributed by atoms with Crippen LogP contribution in [0, 0.1) is 0 Å². The van der Waals surface area contributed by atoms with Crippen molar-refractivity contribution in [3.63, 3.8) is 0 Å². The van der Waals surface area contributed by atoms with Crippen LogP contribution < -0.4 is 10.2 Å². The highest BCUT2D eigenvalue weighted by Gasteiger charge is 2.38. The minimum absolute atomic E-state index is 0.379. The molecule has 1 aliphatic heterocycles. The van der Waals surface area contributed by atoms with Crippen molar-refractivity contribution in [3.05, 3.63) is 48.4 Å². The molecule has 1 atom stereocenters. The number of nitrogens with one attached hydrogen (secondary N) is 1. The van der Waals surface area contributed by atoms with Gasteiger partial charge in [-0.25, -0.2) is 14.6 Å². The van der Waals surface area contributed by atoms with Crippen LogP contribution in [0.3, 0.4) is 0 Å². The van der Waals surface area contributed by atoms with E-state index < -0.39 is 9.96 Å². The van der Waals surface area contributed by atoms with E-state index in [-0.39, 0.29) is 5.91 Å². The summed E-state index contributed by atoms with van der Waals surface area (Å²) in [4.78, 5) is 23.7. The molecule has 0 spiro atoms. The van der Waals surface area contributed by atoms with E-state index in [2.05, 4.69) is 25.3 Å². The quantitative estimate of drug-likeness (QED) is 0.602. The summed E-state index contributed by atoms with van der Waals surface area (Å²) in [5.74, 6) is 0.425. The monoisotopic (exact) mass is 452 g/mol. The number of aromatic nitrogens is 4. The van der Waals surface area contributed by atoms with E-state index in [9.17, 15) is 4.79 Å². The van der Waals surface area contributed by atoms with Crippen LogP contribution in [0.25, 0.3) is 11.0 Å². The van der Waals surface area contributed by atoms with Crippen LogP contribution in [0.2, 0.25) is 0 Å². The average Bonchev–Trinajstić information content (AvgIpc) is 3.16. The van der Waals surface area contributed by atoms with Crippen molar-refractivity contribution in [2.24, 2.45) is 0 Å². The molecule has 0 saturated carbocycles. The molecule has 0 aliphatic carbocycles. The smallest absolute Gasteiger partial charge is 0.253 e. The van der Waals surface area contributed by atoms with Crippen LogP contribution in [0.1, 0.15) is 35.8 Å². The maximum atomic E-state index is 12.7. The zero-order chi connectivity index (χ0) is 20.4. The van der Waals surface area contributed by atoms with Crippen LogP contribution in [-0.2, 0) is 0 Å². The van der Waals surface area contributed by atoms with E-state index in [1.165, 1.54) is 17.4 Å². The summed E-state index contributed by atoms with van der Waals surface area (Å²) in [6.07, 6.45) is 5.51. The Kier molecular flexibility index (Phi) is 5.81. The second-order valence-electron chi connectivity index (χ2n) is 6.86. The Morgan fingerprint density at radius 3 is 2.48 bits per heavy atom. The third kappa shape index (κ3) is 4.27. The van der Waals surface area contributed by atoms with E-state index in [1.54, 1.807) is 30.5 Å². The number of piperidine rings is 1. The van der Waals surface area contributed by atoms with Gasteiger partial charge in [0.2, 0.25) is 3.79 Å². The van der Waals surface area contributed by atoms with Gasteiger partial charge in [0.05, 0.1) is 11.6 Å². The highest BCUT2D eigenvalue weighted by atomic mass is 35.6. The number of nitrogens with zero attached hydrogens (tertiary/aromatic N) is 5. The SMILES string of the molecule is O=C(NC(n1ncc2c(N3CCCCC3)ncnc21)C(Cl)(Cl)Cl)c1ccccc1. The lowest BCUT2D eigenvalue weighted by molar-refractivity contribution is 0.0918. The van der Waals surface area contributed by atoms with E-state index in [0.29, 0.717) is 11.2 Å². The summed E-state index contributed by atoms with van der Waals surface area (Å²) in [5.41, 5.74) is 0.942. The Balaban J connectivity index is 1.71. The molecule has 152 valence electrons. The Labute approximate surface area is 183 Å². The summed E-state index contributed by atoms with van der Waals surface area (Å²) < 4.78 is -0.419. The van der Waals surface area contributed by atoms with Gasteiger partial charge in [-0.1, -0.05) is 53.0 Å². The molecule has 1 N–H and O–H groups in total. The van der Waals surface area contributed by atoms with Gasteiger partial charge in [-0.2, -0.15) is 5.10 Å². The first-order valence-electron chi connectivity index (χ1n) is 9.31. The van der Waals surface area contributed by atoms with Gasteiger partial charge >= 0.3 is 0 Å². The molecular weight excluding hydrogens is 435 g/mol. The van der Waals surface area contributed by atoms with Gasteiger partial charge < -0.3 is 10.2 Å². The predicted molar refractivity (Wildman–Crippen MR) is 115 cm³/mol. The van der Waals surface area contributed by atoms with Gasteiger partial charge in [0.1, 0.15) is 12.1 Å². The lowest BCUT2D eigenvalue weighted by atomic mass is 10.1. The molecule has 0 radical (unpaired) electrons. The minimum atomic E-state index is -1.85. The molecule has 2 aromatic heterocycles. The first-order chi connectivity index (χ1) is 13.9. The van der Waals surface area contributed by atoms with Gasteiger partial charge in [0.15, 0.2) is 11.8 Å². The number of fused-ring (bicyclic) bond motifs is 1. The maximum Gasteiger partial charge on any atom is 0.253 e. The van der Waals surface area contributed by atoms with Gasteiger partial charge in [-0.05, 0) is 31.4 Å². The fraction of sp³-hybridized carbons (Fsp3) is 0.368. The van der Waals surface area contributed by atoms with Gasteiger partial charge in [-0.15, -0.1) is 0 Å². The van der Waals surface area contributed by atoms with Crippen molar-refractivity contribution >= 4 is 57.6 Å². The molecule has 1 unspecified atom stereocenters. The van der Waals surface area contributed by atoms with Gasteiger partial charge in [0.25, 0.3) is 5.91 Å². The molecule has 4 rings (SSSR count). The second-order valence-corrected chi connectivity index (χ2v) is 9.22. The lowest BCUT2D eigenvalue weighted by Gasteiger charge is -2.28. The van der Waals surface area contributed by atoms with Crippen LogP contribution in [-0.4, -0.2) is 42.5 Å². The number of alkyl halides is 3. The molecule has 1 aliphatic rings. The van der Waals surface area contributed by atoms with Crippen molar-refractivity contribution in [1.82, 2.24) is 25.1 Å². The Bertz CT molecular complexity index is 998. The van der Waals surface area contributed by atoms with Crippen LogP contribution in [0.4, 0.5) is 5.82 Å². The molecule has 1 aromatic carbocycles. The molecule has 10 heteroatoms. The number of carbonyl (C=O) groups excluding carboxylic acids is 1. The lowest BCUT2D eigenvalue weighted by Crippen LogP contribution is -2.41. The largest absolute Gasteiger partial charge is 0.356 e. The Hall–Kier alpha value is -2.09. The molecule has 7 nitrogen and oxygen atoms in total. The molecule has 29 heavy (non-hydrogen) atoms. The summed E-state index contributed by atoms with van der Waals surface area (Å²) >= 11 is 18.6. The van der Waals surface area contributed by atoms with Crippen molar-refractivity contribution in [3.8, 4) is 0 Å². The van der Waals surface area contributed by atoms with Gasteiger partial charge in [0, 0.05) is 18.7 Å². The Morgan fingerprint density at radius 1 is 1.07 bits per heavy atom. The fourth-order valence-electron chi connectivity index (χ4n) is 3.48. The van der Waals surface area contributed by atoms with Crippen molar-refractivity contribution < 1.29 is 4.79 Å². The summed E-state index contributed by atoms with van der Waals surface area (Å²) in [6, 6.07) is 8.72. The van der Waals surface area contributed by atoms with E-state index in [4.69, 9.17) is 34.8 Å². The zero-order valence-corrected chi connectivity index (χ0v) is 17.7.